The van der Waals surface area contributed by atoms with Gasteiger partial charge in [0.1, 0.15) is 11.4 Å². The van der Waals surface area contributed by atoms with Crippen molar-refractivity contribution >= 4 is 52.5 Å². The molecule has 2 aromatic carbocycles. The summed E-state index contributed by atoms with van der Waals surface area (Å²) in [6.45, 7) is 1.93. The number of fused-ring (bicyclic) bond motifs is 1. The van der Waals surface area contributed by atoms with Gasteiger partial charge in [0.25, 0.3) is 5.91 Å². The number of aromatic amines is 2. The molecule has 0 aliphatic carbocycles. The van der Waals surface area contributed by atoms with E-state index in [1.54, 1.807) is 25.3 Å². The van der Waals surface area contributed by atoms with Gasteiger partial charge in [-0.3, -0.25) is 20.0 Å². The molecule has 3 aromatic heterocycles. The lowest BCUT2D eigenvalue weighted by molar-refractivity contribution is 0.0527. The van der Waals surface area contributed by atoms with Crippen molar-refractivity contribution in [2.45, 2.75) is 16.7 Å². The average Bonchev–Trinajstić information content (AvgIpc) is 3.55. The van der Waals surface area contributed by atoms with Crippen LogP contribution in [0.1, 0.15) is 39.0 Å². The van der Waals surface area contributed by atoms with Gasteiger partial charge in [0.05, 0.1) is 35.3 Å². The molecule has 0 saturated carbocycles. The number of carbonyl (C=O) groups is 2. The van der Waals surface area contributed by atoms with E-state index in [1.807, 2.05) is 60.7 Å². The number of hydrogen-bond donors (Lipinski definition) is 3. The van der Waals surface area contributed by atoms with Crippen molar-refractivity contribution in [3.63, 3.8) is 0 Å². The summed E-state index contributed by atoms with van der Waals surface area (Å²) in [6, 6.07) is 19.0. The van der Waals surface area contributed by atoms with Crippen LogP contribution in [0.3, 0.4) is 0 Å². The van der Waals surface area contributed by atoms with Crippen molar-refractivity contribution in [1.29, 1.82) is 0 Å². The van der Waals surface area contributed by atoms with Gasteiger partial charge in [0, 0.05) is 21.4 Å². The predicted molar refractivity (Wildman–Crippen MR) is 142 cm³/mol. The van der Waals surface area contributed by atoms with Gasteiger partial charge in [0.15, 0.2) is 0 Å². The average molecular weight is 511 g/mol. The molecule has 0 radical (unpaired) electrons. The Morgan fingerprint density at radius 2 is 1.89 bits per heavy atom. The van der Waals surface area contributed by atoms with Crippen molar-refractivity contribution in [2.75, 3.05) is 11.9 Å². The van der Waals surface area contributed by atoms with Crippen LogP contribution in [0.5, 0.6) is 0 Å². The molecule has 5 rings (SSSR count). The molecule has 0 atom stereocenters. The van der Waals surface area contributed by atoms with E-state index in [0.29, 0.717) is 5.56 Å². The van der Waals surface area contributed by atoms with Crippen LogP contribution in [0.15, 0.2) is 82.8 Å². The molecule has 184 valence electrons. The monoisotopic (exact) mass is 510 g/mol. The third kappa shape index (κ3) is 5.44. The minimum atomic E-state index is -0.559. The fourth-order valence-corrected chi connectivity index (χ4v) is 4.63. The van der Waals surface area contributed by atoms with Crippen molar-refractivity contribution in [2.24, 2.45) is 0 Å². The first-order chi connectivity index (χ1) is 18.1. The number of benzene rings is 2. The molecule has 0 fully saturated rings. The van der Waals surface area contributed by atoms with E-state index in [1.165, 1.54) is 18.0 Å². The van der Waals surface area contributed by atoms with E-state index in [-0.39, 0.29) is 23.9 Å². The third-order valence-corrected chi connectivity index (χ3v) is 6.46. The van der Waals surface area contributed by atoms with Gasteiger partial charge in [-0.15, -0.1) is 0 Å². The summed E-state index contributed by atoms with van der Waals surface area (Å²) in [5.41, 5.74) is 3.17. The van der Waals surface area contributed by atoms with Gasteiger partial charge in [-0.25, -0.2) is 4.79 Å². The summed E-state index contributed by atoms with van der Waals surface area (Å²) >= 11 is 1.45. The Kier molecular flexibility index (Phi) is 7.09. The van der Waals surface area contributed by atoms with Crippen LogP contribution in [0.4, 0.5) is 5.82 Å². The van der Waals surface area contributed by atoms with Crippen LogP contribution < -0.4 is 5.32 Å². The third-order valence-electron chi connectivity index (χ3n) is 5.40. The Hall–Kier alpha value is -4.70. The molecule has 0 unspecified atom stereocenters. The molecule has 0 aliphatic heterocycles. The van der Waals surface area contributed by atoms with Gasteiger partial charge in [-0.2, -0.15) is 10.2 Å². The van der Waals surface area contributed by atoms with Crippen molar-refractivity contribution in [3.8, 4) is 0 Å². The zero-order chi connectivity index (χ0) is 25.6. The molecule has 1 amide bonds. The number of aromatic nitrogens is 5. The molecule has 3 heterocycles. The highest BCUT2D eigenvalue weighted by Gasteiger charge is 2.19. The Balaban J connectivity index is 1.35. The summed E-state index contributed by atoms with van der Waals surface area (Å²) in [4.78, 5) is 31.2. The van der Waals surface area contributed by atoms with E-state index in [0.717, 1.165) is 32.1 Å². The highest BCUT2D eigenvalue weighted by Crippen LogP contribution is 2.33. The Labute approximate surface area is 216 Å². The first-order valence-corrected chi connectivity index (χ1v) is 12.3. The summed E-state index contributed by atoms with van der Waals surface area (Å²) in [5, 5.41) is 17.7. The predicted octanol–water partition coefficient (Wildman–Crippen LogP) is 5.43. The van der Waals surface area contributed by atoms with Gasteiger partial charge >= 0.3 is 5.97 Å². The summed E-state index contributed by atoms with van der Waals surface area (Å²) in [6.07, 6.45) is 6.92. The highest BCUT2D eigenvalue weighted by atomic mass is 32.2. The lowest BCUT2D eigenvalue weighted by Crippen LogP contribution is -2.16. The standard InChI is InChI=1S/C27H22N6O3S/c1-2-36-27(35)21-16-29-33-25(21)30-26(34)20-8-3-4-9-24(20)37-18-11-12-19-22(31-32-23(19)15-18)13-10-17-7-5-6-14-28-17/h3-16H,2H2,1H3,(H,31,32)(H2,29,30,33,34)/b13-10+. The van der Waals surface area contributed by atoms with Gasteiger partial charge in [0.2, 0.25) is 0 Å². The molecule has 0 aliphatic rings. The summed E-state index contributed by atoms with van der Waals surface area (Å²) in [5.74, 6) is -0.743. The number of esters is 1. The van der Waals surface area contributed by atoms with Crippen molar-refractivity contribution in [3.05, 3.63) is 95.6 Å². The fraction of sp³-hybridized carbons (Fsp3) is 0.0741. The van der Waals surface area contributed by atoms with Crippen LogP contribution in [0, 0.1) is 0 Å². The molecule has 0 spiro atoms. The van der Waals surface area contributed by atoms with Crippen molar-refractivity contribution < 1.29 is 14.3 Å². The largest absolute Gasteiger partial charge is 0.462 e. The van der Waals surface area contributed by atoms with E-state index >= 15 is 0 Å². The number of rotatable bonds is 8. The van der Waals surface area contributed by atoms with E-state index in [4.69, 9.17) is 4.74 Å². The molecule has 37 heavy (non-hydrogen) atoms. The second-order valence-corrected chi connectivity index (χ2v) is 8.95. The zero-order valence-electron chi connectivity index (χ0n) is 19.8. The number of nitrogens with zero attached hydrogens (tertiary/aromatic N) is 3. The minimum absolute atomic E-state index is 0.165. The number of nitrogens with one attached hydrogen (secondary N) is 3. The van der Waals surface area contributed by atoms with Gasteiger partial charge in [-0.1, -0.05) is 30.0 Å². The number of amides is 1. The van der Waals surface area contributed by atoms with Crippen LogP contribution in [-0.2, 0) is 4.74 Å². The number of H-pyrrole nitrogens is 2. The second-order valence-electron chi connectivity index (χ2n) is 7.84. The highest BCUT2D eigenvalue weighted by molar-refractivity contribution is 7.99. The van der Waals surface area contributed by atoms with Gasteiger partial charge < -0.3 is 10.1 Å². The molecular weight excluding hydrogens is 488 g/mol. The molecular formula is C27H22N6O3S. The number of hydrogen-bond acceptors (Lipinski definition) is 7. The molecule has 0 bridgehead atoms. The number of ether oxygens (including phenoxy) is 1. The normalized spacial score (nSPS) is 11.2. The molecule has 9 nitrogen and oxygen atoms in total. The maximum Gasteiger partial charge on any atom is 0.343 e. The Bertz CT molecular complexity index is 1590. The lowest BCUT2D eigenvalue weighted by Gasteiger charge is -2.10. The van der Waals surface area contributed by atoms with Crippen LogP contribution in [0.2, 0.25) is 0 Å². The molecule has 3 N–H and O–H groups in total. The van der Waals surface area contributed by atoms with E-state index < -0.39 is 5.97 Å². The van der Waals surface area contributed by atoms with Crippen LogP contribution in [-0.4, -0.2) is 43.9 Å². The number of carbonyl (C=O) groups excluding carboxylic acids is 2. The quantitative estimate of drug-likeness (QED) is 0.238. The van der Waals surface area contributed by atoms with E-state index in [9.17, 15) is 9.59 Å². The fourth-order valence-electron chi connectivity index (χ4n) is 3.65. The smallest absolute Gasteiger partial charge is 0.343 e. The van der Waals surface area contributed by atoms with Crippen molar-refractivity contribution in [1.82, 2.24) is 25.4 Å². The molecule has 0 saturated heterocycles. The molecule has 10 heteroatoms. The summed E-state index contributed by atoms with van der Waals surface area (Å²) < 4.78 is 5.02. The molecule has 5 aromatic rings. The second kappa shape index (κ2) is 10.9. The first kappa shape index (κ1) is 24.0. The van der Waals surface area contributed by atoms with Gasteiger partial charge in [-0.05, 0) is 61.5 Å². The maximum absolute atomic E-state index is 13.1. The number of pyridine rings is 1. The van der Waals surface area contributed by atoms with Crippen LogP contribution in [0.25, 0.3) is 23.1 Å². The topological polar surface area (TPSA) is 126 Å². The number of anilines is 1. The SMILES string of the molecule is CCOC(=O)c1cn[nH]c1NC(=O)c1ccccc1Sc1ccc2c(/C=C/c3ccccn3)n[nH]c2c1. The van der Waals surface area contributed by atoms with Crippen LogP contribution >= 0.6 is 11.8 Å². The van der Waals surface area contributed by atoms with E-state index in [2.05, 4.69) is 30.7 Å². The first-order valence-electron chi connectivity index (χ1n) is 11.5. The Morgan fingerprint density at radius 1 is 1.03 bits per heavy atom. The lowest BCUT2D eigenvalue weighted by atomic mass is 10.2. The summed E-state index contributed by atoms with van der Waals surface area (Å²) in [7, 11) is 0. The Morgan fingerprint density at radius 3 is 2.73 bits per heavy atom. The maximum atomic E-state index is 13.1. The minimum Gasteiger partial charge on any atom is -0.462 e. The zero-order valence-corrected chi connectivity index (χ0v) is 20.6.